The number of carbonyl (C=O) groups excluding carboxylic acids is 1. The molecule has 0 aliphatic carbocycles. The van der Waals surface area contributed by atoms with Gasteiger partial charge in [-0.15, -0.1) is 0 Å². The van der Waals surface area contributed by atoms with E-state index in [0.29, 0.717) is 12.5 Å². The van der Waals surface area contributed by atoms with Crippen molar-refractivity contribution in [1.82, 2.24) is 5.32 Å². The van der Waals surface area contributed by atoms with Crippen LogP contribution in [-0.4, -0.2) is 24.3 Å². The van der Waals surface area contributed by atoms with Crippen LogP contribution in [0, 0.1) is 5.92 Å². The molecule has 160 valence electrons. The molecule has 1 aromatic heterocycles. The Labute approximate surface area is 189 Å². The minimum atomic E-state index is -0.0427. The highest BCUT2D eigenvalue weighted by Crippen LogP contribution is 2.25. The fourth-order valence-electron chi connectivity index (χ4n) is 2.92. The molecule has 0 bridgehead atoms. The summed E-state index contributed by atoms with van der Waals surface area (Å²) in [6, 6.07) is 12.0. The zero-order valence-corrected chi connectivity index (χ0v) is 19.1. The van der Waals surface area contributed by atoms with Crippen LogP contribution in [0.1, 0.15) is 36.8 Å². The first kappa shape index (κ1) is 25.6. The Kier molecular flexibility index (Phi) is 11.4. The molecule has 4 N–H and O–H groups in total. The van der Waals surface area contributed by atoms with Crippen LogP contribution in [0.3, 0.4) is 0 Å². The minimum Gasteiger partial charge on any atom is -1.00 e. The van der Waals surface area contributed by atoms with E-state index in [9.17, 15) is 4.79 Å². The van der Waals surface area contributed by atoms with Crippen molar-refractivity contribution in [3.05, 3.63) is 59.9 Å². The van der Waals surface area contributed by atoms with Crippen LogP contribution in [0.25, 0.3) is 0 Å². The highest BCUT2D eigenvalue weighted by molar-refractivity contribution is 7.99. The number of hydrogen-bond acceptors (Lipinski definition) is 3. The number of benzene rings is 1. The minimum absolute atomic E-state index is 0. The van der Waals surface area contributed by atoms with Crippen molar-refractivity contribution in [3.8, 4) is 5.75 Å². The lowest BCUT2D eigenvalue weighted by molar-refractivity contribution is -0.684. The number of aromatic amines is 1. The number of pyridine rings is 1. The van der Waals surface area contributed by atoms with Crippen LogP contribution in [-0.2, 0) is 11.3 Å². The quantitative estimate of drug-likeness (QED) is 0.423. The summed E-state index contributed by atoms with van der Waals surface area (Å²) in [5.41, 5.74) is 2.30. The molecule has 0 spiro atoms. The smallest absolute Gasteiger partial charge is 0.279 e. The van der Waals surface area contributed by atoms with Crippen LogP contribution in [0.4, 0.5) is 0 Å². The maximum Gasteiger partial charge on any atom is 0.279 e. The molecule has 0 saturated carbocycles. The van der Waals surface area contributed by atoms with Crippen LogP contribution >= 0.6 is 11.8 Å². The zero-order chi connectivity index (χ0) is 19.1. The van der Waals surface area contributed by atoms with Crippen molar-refractivity contribution in [3.63, 3.8) is 0 Å². The Bertz CT molecular complexity index is 732. The predicted octanol–water partition coefficient (Wildman–Crippen LogP) is -4.07. The highest BCUT2D eigenvalue weighted by atomic mass is 35.5. The lowest BCUT2D eigenvalue weighted by Gasteiger charge is -2.11. The topological polar surface area (TPSA) is 69.1 Å². The van der Waals surface area contributed by atoms with Gasteiger partial charge in [0.1, 0.15) is 5.75 Å². The number of hydrogen-bond donors (Lipinski definition) is 2. The molecule has 0 radical (unpaired) electrons. The number of amides is 1. The molecule has 3 rings (SSSR count). The number of thioether (sulfide) groups is 1. The van der Waals surface area contributed by atoms with Crippen molar-refractivity contribution in [1.29, 1.82) is 0 Å². The Morgan fingerprint density at radius 3 is 2.69 bits per heavy atom. The fraction of sp³-hybridized carbons (Fsp3) is 0.429. The van der Waals surface area contributed by atoms with Crippen molar-refractivity contribution < 1.29 is 44.6 Å². The number of H-pyrrole nitrogens is 1. The molecule has 1 unspecified atom stereocenters. The average molecular weight is 458 g/mol. The van der Waals surface area contributed by atoms with Gasteiger partial charge in [-0.05, 0) is 36.1 Å². The molecule has 1 aromatic carbocycles. The molecule has 2 aromatic rings. The first-order chi connectivity index (χ1) is 13.1. The molecule has 1 amide bonds. The van der Waals surface area contributed by atoms with E-state index in [-0.39, 0.29) is 42.1 Å². The third-order valence-corrected chi connectivity index (χ3v) is 5.95. The summed E-state index contributed by atoms with van der Waals surface area (Å²) in [5, 5.41) is 5.48. The molecule has 29 heavy (non-hydrogen) atoms. The van der Waals surface area contributed by atoms with Crippen LogP contribution in [0.5, 0.6) is 5.75 Å². The Balaban J connectivity index is 0.00000210. The standard InChI is InChI=1S/C21H27N3O2S.2ClH/c1-15(2)9-11-26-18-7-5-16(6-8-18)12-23-20(25)19-14-27-21(24-19)17-4-3-10-22-13-17;;/h3-8,10,13,15,19,21,24H,9,11-12,14H2,1-2H3,(H,23,25);2*1H/t19-,21?;;/m0../s1. The highest BCUT2D eigenvalue weighted by Gasteiger charge is 2.35. The Morgan fingerprint density at radius 1 is 1.28 bits per heavy atom. The summed E-state index contributed by atoms with van der Waals surface area (Å²) in [6.07, 6.45) is 4.95. The lowest BCUT2D eigenvalue weighted by Crippen LogP contribution is -3.00. The van der Waals surface area contributed by atoms with E-state index < -0.39 is 0 Å². The first-order valence-corrected chi connectivity index (χ1v) is 10.6. The number of nitrogens with one attached hydrogen (secondary N) is 2. The zero-order valence-electron chi connectivity index (χ0n) is 16.7. The van der Waals surface area contributed by atoms with Gasteiger partial charge in [-0.3, -0.25) is 4.79 Å². The third kappa shape index (κ3) is 8.05. The normalized spacial score (nSPS) is 17.9. The molecule has 1 aliphatic heterocycles. The van der Waals surface area contributed by atoms with E-state index in [1.807, 2.05) is 54.5 Å². The van der Waals surface area contributed by atoms with Crippen molar-refractivity contribution in [2.45, 2.75) is 38.2 Å². The summed E-state index contributed by atoms with van der Waals surface area (Å²) >= 11 is 1.81. The van der Waals surface area contributed by atoms with Gasteiger partial charge >= 0.3 is 0 Å². The van der Waals surface area contributed by atoms with Crippen molar-refractivity contribution in [2.24, 2.45) is 5.92 Å². The van der Waals surface area contributed by atoms with E-state index in [2.05, 4.69) is 35.5 Å². The maximum absolute atomic E-state index is 12.5. The Morgan fingerprint density at radius 2 is 2.03 bits per heavy atom. The van der Waals surface area contributed by atoms with E-state index in [1.165, 1.54) is 5.56 Å². The van der Waals surface area contributed by atoms with Gasteiger partial charge in [-0.1, -0.05) is 37.7 Å². The van der Waals surface area contributed by atoms with E-state index in [1.54, 1.807) is 0 Å². The van der Waals surface area contributed by atoms with E-state index in [0.717, 1.165) is 30.1 Å². The summed E-state index contributed by atoms with van der Waals surface area (Å²) in [6.45, 7) is 5.67. The molecule has 2 atom stereocenters. The van der Waals surface area contributed by atoms with Gasteiger partial charge in [0.25, 0.3) is 5.91 Å². The number of rotatable bonds is 8. The molecule has 5 nitrogen and oxygen atoms in total. The van der Waals surface area contributed by atoms with E-state index >= 15 is 0 Å². The van der Waals surface area contributed by atoms with Crippen LogP contribution in [0.2, 0.25) is 0 Å². The summed E-state index contributed by atoms with van der Waals surface area (Å²) in [7, 11) is 0. The number of halogens is 2. The molecular weight excluding hydrogens is 429 g/mol. The fourth-order valence-corrected chi connectivity index (χ4v) is 4.24. The van der Waals surface area contributed by atoms with Gasteiger partial charge in [-0.2, -0.15) is 0 Å². The predicted molar refractivity (Wildman–Crippen MR) is 107 cm³/mol. The monoisotopic (exact) mass is 457 g/mol. The van der Waals surface area contributed by atoms with Gasteiger partial charge in [-0.25, -0.2) is 4.98 Å². The third-order valence-electron chi connectivity index (χ3n) is 4.61. The van der Waals surface area contributed by atoms with Gasteiger partial charge in [0, 0.05) is 12.6 Å². The van der Waals surface area contributed by atoms with Gasteiger partial charge < -0.3 is 40.2 Å². The SMILES string of the molecule is CC(C)CCOc1ccc(CNC(=O)[C@@H]2CSC(c3ccc[nH+]c3)[NH2+]2)cc1.[Cl-].[Cl-]. The molecule has 8 heteroatoms. The maximum atomic E-state index is 12.5. The number of aromatic nitrogens is 1. The Hall–Kier alpha value is -1.47. The van der Waals surface area contributed by atoms with E-state index in [4.69, 9.17) is 4.74 Å². The van der Waals surface area contributed by atoms with Crippen LogP contribution < -0.4 is 45.2 Å². The second-order valence-electron chi connectivity index (χ2n) is 7.28. The number of nitrogens with two attached hydrogens (primary N) is 1. The first-order valence-electron chi connectivity index (χ1n) is 9.54. The number of quaternary nitrogens is 1. The second kappa shape index (κ2) is 13.0. The van der Waals surface area contributed by atoms with Crippen molar-refractivity contribution in [2.75, 3.05) is 12.4 Å². The van der Waals surface area contributed by atoms with Crippen LogP contribution in [0.15, 0.2) is 48.8 Å². The summed E-state index contributed by atoms with van der Waals surface area (Å²) in [5.74, 6) is 2.45. The number of ether oxygens (including phenoxy) is 1. The lowest BCUT2D eigenvalue weighted by atomic mass is 10.1. The summed E-state index contributed by atoms with van der Waals surface area (Å²) < 4.78 is 5.73. The number of carbonyl (C=O) groups is 1. The molecule has 1 fully saturated rings. The molecule has 1 aliphatic rings. The molecular formula is C21H29Cl2N3O2S. The van der Waals surface area contributed by atoms with Gasteiger partial charge in [0.2, 0.25) is 0 Å². The average Bonchev–Trinajstić information content (AvgIpc) is 3.18. The second-order valence-corrected chi connectivity index (χ2v) is 8.46. The molecule has 2 heterocycles. The molecule has 1 saturated heterocycles. The van der Waals surface area contributed by atoms with Crippen molar-refractivity contribution >= 4 is 17.7 Å². The van der Waals surface area contributed by atoms with Gasteiger partial charge in [0.15, 0.2) is 23.8 Å². The van der Waals surface area contributed by atoms with Gasteiger partial charge in [0.05, 0.1) is 17.9 Å². The summed E-state index contributed by atoms with van der Waals surface area (Å²) in [4.78, 5) is 15.6. The largest absolute Gasteiger partial charge is 1.00 e.